The van der Waals surface area contributed by atoms with Crippen LogP contribution >= 0.6 is 0 Å². The SMILES string of the molecule is COc1cc(C)ccc1NC(=O)NCCC(C)C. The van der Waals surface area contributed by atoms with Crippen molar-refractivity contribution in [2.75, 3.05) is 19.0 Å². The number of urea groups is 1. The van der Waals surface area contributed by atoms with Crippen molar-refractivity contribution in [3.8, 4) is 5.75 Å². The van der Waals surface area contributed by atoms with Gasteiger partial charge in [0.1, 0.15) is 5.75 Å². The Bertz CT molecular complexity index is 403. The topological polar surface area (TPSA) is 50.4 Å². The van der Waals surface area contributed by atoms with Crippen LogP contribution < -0.4 is 15.4 Å². The highest BCUT2D eigenvalue weighted by atomic mass is 16.5. The minimum atomic E-state index is -0.196. The zero-order chi connectivity index (χ0) is 13.5. The Morgan fingerprint density at radius 1 is 1.39 bits per heavy atom. The maximum atomic E-state index is 11.7. The van der Waals surface area contributed by atoms with Crippen LogP contribution in [0.3, 0.4) is 0 Å². The van der Waals surface area contributed by atoms with Gasteiger partial charge >= 0.3 is 6.03 Å². The number of hydrogen-bond acceptors (Lipinski definition) is 2. The number of methoxy groups -OCH3 is 1. The molecular weight excluding hydrogens is 228 g/mol. The summed E-state index contributed by atoms with van der Waals surface area (Å²) in [4.78, 5) is 11.7. The molecule has 0 aliphatic rings. The van der Waals surface area contributed by atoms with Gasteiger partial charge in [-0.2, -0.15) is 0 Å². The number of benzene rings is 1. The molecule has 0 bridgehead atoms. The van der Waals surface area contributed by atoms with E-state index in [1.165, 1.54) is 0 Å². The van der Waals surface area contributed by atoms with Crippen LogP contribution in [0.2, 0.25) is 0 Å². The summed E-state index contributed by atoms with van der Waals surface area (Å²) in [7, 11) is 1.59. The smallest absolute Gasteiger partial charge is 0.319 e. The first-order valence-corrected chi connectivity index (χ1v) is 6.22. The van der Waals surface area contributed by atoms with Crippen LogP contribution in [-0.4, -0.2) is 19.7 Å². The summed E-state index contributed by atoms with van der Waals surface area (Å²) in [5.41, 5.74) is 1.78. The molecule has 4 nitrogen and oxygen atoms in total. The summed E-state index contributed by atoms with van der Waals surface area (Å²) in [6.45, 7) is 6.91. The molecule has 2 amide bonds. The zero-order valence-corrected chi connectivity index (χ0v) is 11.5. The second kappa shape index (κ2) is 6.89. The van der Waals surface area contributed by atoms with Gasteiger partial charge < -0.3 is 15.4 Å². The molecule has 2 N–H and O–H groups in total. The molecule has 4 heteroatoms. The maximum absolute atomic E-state index is 11.7. The van der Waals surface area contributed by atoms with Gasteiger partial charge in [-0.15, -0.1) is 0 Å². The van der Waals surface area contributed by atoms with Crippen molar-refractivity contribution in [1.29, 1.82) is 0 Å². The standard InChI is InChI=1S/C14H22N2O2/c1-10(2)7-8-15-14(17)16-12-6-5-11(3)9-13(12)18-4/h5-6,9-10H,7-8H2,1-4H3,(H2,15,16,17). The molecule has 0 spiro atoms. The van der Waals surface area contributed by atoms with Crippen molar-refractivity contribution in [2.24, 2.45) is 5.92 Å². The molecule has 0 aliphatic heterocycles. The van der Waals surface area contributed by atoms with Crippen LogP contribution in [0.15, 0.2) is 18.2 Å². The van der Waals surface area contributed by atoms with Gasteiger partial charge in [-0.05, 0) is 37.0 Å². The normalized spacial score (nSPS) is 10.3. The Labute approximate surface area is 109 Å². The van der Waals surface area contributed by atoms with Gasteiger partial charge in [0, 0.05) is 6.54 Å². The third-order valence-corrected chi connectivity index (χ3v) is 2.61. The molecule has 1 aromatic rings. The highest BCUT2D eigenvalue weighted by molar-refractivity contribution is 5.90. The van der Waals surface area contributed by atoms with E-state index in [-0.39, 0.29) is 6.03 Å². The maximum Gasteiger partial charge on any atom is 0.319 e. The van der Waals surface area contributed by atoms with E-state index < -0.39 is 0 Å². The Balaban J connectivity index is 2.53. The highest BCUT2D eigenvalue weighted by Gasteiger charge is 2.07. The molecular formula is C14H22N2O2. The lowest BCUT2D eigenvalue weighted by atomic mass is 10.1. The molecule has 0 aliphatic carbocycles. The van der Waals surface area contributed by atoms with Gasteiger partial charge in [-0.3, -0.25) is 0 Å². The van der Waals surface area contributed by atoms with Crippen LogP contribution in [0, 0.1) is 12.8 Å². The largest absolute Gasteiger partial charge is 0.495 e. The summed E-state index contributed by atoms with van der Waals surface area (Å²) >= 11 is 0. The number of nitrogens with one attached hydrogen (secondary N) is 2. The van der Waals surface area contributed by atoms with E-state index in [4.69, 9.17) is 4.74 Å². The molecule has 1 rings (SSSR count). The lowest BCUT2D eigenvalue weighted by Gasteiger charge is -2.12. The third-order valence-electron chi connectivity index (χ3n) is 2.61. The summed E-state index contributed by atoms with van der Waals surface area (Å²) in [6.07, 6.45) is 0.971. The van der Waals surface area contributed by atoms with Gasteiger partial charge in [-0.25, -0.2) is 4.79 Å². The number of ether oxygens (including phenoxy) is 1. The van der Waals surface area contributed by atoms with E-state index >= 15 is 0 Å². The zero-order valence-electron chi connectivity index (χ0n) is 11.5. The Hall–Kier alpha value is -1.71. The van der Waals surface area contributed by atoms with E-state index in [0.717, 1.165) is 12.0 Å². The summed E-state index contributed by atoms with van der Waals surface area (Å²) in [5.74, 6) is 1.26. The van der Waals surface area contributed by atoms with Gasteiger partial charge in [-0.1, -0.05) is 19.9 Å². The lowest BCUT2D eigenvalue weighted by Crippen LogP contribution is -2.30. The molecule has 0 saturated carbocycles. The van der Waals surface area contributed by atoms with Crippen molar-refractivity contribution in [3.05, 3.63) is 23.8 Å². The van der Waals surface area contributed by atoms with Crippen LogP contribution in [0.5, 0.6) is 5.75 Å². The first kappa shape index (κ1) is 14.4. The van der Waals surface area contributed by atoms with E-state index in [0.29, 0.717) is 23.9 Å². The molecule has 0 heterocycles. The first-order valence-electron chi connectivity index (χ1n) is 6.22. The molecule has 0 aromatic heterocycles. The van der Waals surface area contributed by atoms with Gasteiger partial charge in [0.05, 0.1) is 12.8 Å². The van der Waals surface area contributed by atoms with Crippen molar-refractivity contribution >= 4 is 11.7 Å². The lowest BCUT2D eigenvalue weighted by molar-refractivity contribution is 0.251. The van der Waals surface area contributed by atoms with Crippen LogP contribution in [0.1, 0.15) is 25.8 Å². The van der Waals surface area contributed by atoms with E-state index in [9.17, 15) is 4.79 Å². The molecule has 0 saturated heterocycles. The van der Waals surface area contributed by atoms with Crippen LogP contribution in [-0.2, 0) is 0 Å². The minimum absolute atomic E-state index is 0.196. The van der Waals surface area contributed by atoms with Gasteiger partial charge in [0.25, 0.3) is 0 Å². The number of carbonyl (C=O) groups is 1. The number of carbonyl (C=O) groups excluding carboxylic acids is 1. The number of aryl methyl sites for hydroxylation is 1. The van der Waals surface area contributed by atoms with Crippen LogP contribution in [0.25, 0.3) is 0 Å². The minimum Gasteiger partial charge on any atom is -0.495 e. The predicted octanol–water partition coefficient (Wildman–Crippen LogP) is 3.17. The van der Waals surface area contributed by atoms with Crippen molar-refractivity contribution in [3.63, 3.8) is 0 Å². The number of rotatable bonds is 5. The second-order valence-corrected chi connectivity index (χ2v) is 4.77. The third kappa shape index (κ3) is 4.65. The quantitative estimate of drug-likeness (QED) is 0.843. The predicted molar refractivity (Wildman–Crippen MR) is 74.2 cm³/mol. The van der Waals surface area contributed by atoms with Crippen LogP contribution in [0.4, 0.5) is 10.5 Å². The fourth-order valence-electron chi connectivity index (χ4n) is 1.54. The number of amides is 2. The molecule has 0 radical (unpaired) electrons. The number of anilines is 1. The highest BCUT2D eigenvalue weighted by Crippen LogP contribution is 2.24. The molecule has 100 valence electrons. The summed E-state index contributed by atoms with van der Waals surface area (Å²) < 4.78 is 5.23. The molecule has 0 unspecified atom stereocenters. The summed E-state index contributed by atoms with van der Waals surface area (Å²) in [6, 6.07) is 5.48. The van der Waals surface area contributed by atoms with E-state index in [1.807, 2.05) is 25.1 Å². The summed E-state index contributed by atoms with van der Waals surface area (Å²) in [5, 5.41) is 5.61. The first-order chi connectivity index (χ1) is 8.52. The van der Waals surface area contributed by atoms with E-state index in [2.05, 4.69) is 24.5 Å². The molecule has 18 heavy (non-hydrogen) atoms. The monoisotopic (exact) mass is 250 g/mol. The average molecular weight is 250 g/mol. The van der Waals surface area contributed by atoms with Crippen molar-refractivity contribution in [1.82, 2.24) is 5.32 Å². The fourth-order valence-corrected chi connectivity index (χ4v) is 1.54. The molecule has 0 atom stereocenters. The molecule has 0 fully saturated rings. The van der Waals surface area contributed by atoms with E-state index in [1.54, 1.807) is 7.11 Å². The van der Waals surface area contributed by atoms with Gasteiger partial charge in [0.15, 0.2) is 0 Å². The number of hydrogen-bond donors (Lipinski definition) is 2. The second-order valence-electron chi connectivity index (χ2n) is 4.77. The Morgan fingerprint density at radius 3 is 2.72 bits per heavy atom. The van der Waals surface area contributed by atoms with Crippen molar-refractivity contribution < 1.29 is 9.53 Å². The molecule has 1 aromatic carbocycles. The fraction of sp³-hybridized carbons (Fsp3) is 0.500. The van der Waals surface area contributed by atoms with Crippen molar-refractivity contribution in [2.45, 2.75) is 27.2 Å². The Kier molecular flexibility index (Phi) is 5.49. The Morgan fingerprint density at radius 2 is 2.11 bits per heavy atom. The van der Waals surface area contributed by atoms with Gasteiger partial charge in [0.2, 0.25) is 0 Å². The average Bonchev–Trinajstić information content (AvgIpc) is 2.31.